The van der Waals surface area contributed by atoms with Crippen molar-refractivity contribution < 1.29 is 0 Å². The maximum Gasteiger partial charge on any atom is 0.0931 e. The molecule has 20 heavy (non-hydrogen) atoms. The van der Waals surface area contributed by atoms with Crippen LogP contribution in [0.4, 0.5) is 0 Å². The van der Waals surface area contributed by atoms with E-state index in [1.54, 1.807) is 11.3 Å². The first kappa shape index (κ1) is 14.8. The summed E-state index contributed by atoms with van der Waals surface area (Å²) in [5.41, 5.74) is 0.379. The summed E-state index contributed by atoms with van der Waals surface area (Å²) in [5, 5.41) is 3.87. The molecular weight excluding hydrogens is 288 g/mol. The van der Waals surface area contributed by atoms with E-state index >= 15 is 0 Å². The molecule has 0 bridgehead atoms. The van der Waals surface area contributed by atoms with E-state index < -0.39 is 0 Å². The zero-order valence-corrected chi connectivity index (χ0v) is 13.9. The minimum Gasteiger partial charge on any atom is -0.310 e. The monoisotopic (exact) mass is 312 g/mol. The fourth-order valence-corrected chi connectivity index (χ4v) is 4.93. The first-order chi connectivity index (χ1) is 9.69. The van der Waals surface area contributed by atoms with Gasteiger partial charge in [0.05, 0.1) is 4.34 Å². The average Bonchev–Trinajstić information content (AvgIpc) is 2.79. The number of hydrogen-bond donors (Lipinski definition) is 1. The van der Waals surface area contributed by atoms with Gasteiger partial charge < -0.3 is 5.32 Å². The summed E-state index contributed by atoms with van der Waals surface area (Å²) in [6, 6.07) is 4.72. The molecule has 0 aromatic carbocycles. The van der Waals surface area contributed by atoms with E-state index in [1.165, 1.54) is 63.0 Å². The summed E-state index contributed by atoms with van der Waals surface area (Å²) in [6.45, 7) is 5.91. The van der Waals surface area contributed by atoms with Crippen molar-refractivity contribution in [2.75, 3.05) is 19.6 Å². The van der Waals surface area contributed by atoms with Gasteiger partial charge in [-0.1, -0.05) is 30.9 Å². The third kappa shape index (κ3) is 3.22. The number of nitrogens with one attached hydrogen (secondary N) is 1. The Morgan fingerprint density at radius 2 is 2.05 bits per heavy atom. The first-order valence-corrected chi connectivity index (χ1v) is 9.12. The van der Waals surface area contributed by atoms with Gasteiger partial charge in [-0.2, -0.15) is 0 Å². The predicted molar refractivity (Wildman–Crippen MR) is 87.8 cm³/mol. The lowest BCUT2D eigenvalue weighted by Gasteiger charge is -2.41. The highest BCUT2D eigenvalue weighted by Crippen LogP contribution is 2.35. The van der Waals surface area contributed by atoms with Crippen molar-refractivity contribution >= 4 is 22.9 Å². The Morgan fingerprint density at radius 1 is 1.25 bits per heavy atom. The van der Waals surface area contributed by atoms with Crippen LogP contribution in [0.1, 0.15) is 56.4 Å². The van der Waals surface area contributed by atoms with Crippen molar-refractivity contribution in [3.63, 3.8) is 0 Å². The van der Waals surface area contributed by atoms with Gasteiger partial charge in [0.2, 0.25) is 0 Å². The molecule has 1 saturated carbocycles. The molecule has 0 radical (unpaired) electrons. The van der Waals surface area contributed by atoms with Crippen molar-refractivity contribution in [2.24, 2.45) is 0 Å². The smallest absolute Gasteiger partial charge is 0.0931 e. The van der Waals surface area contributed by atoms with Crippen molar-refractivity contribution in [1.82, 2.24) is 10.2 Å². The van der Waals surface area contributed by atoms with E-state index in [2.05, 4.69) is 23.2 Å². The summed E-state index contributed by atoms with van der Waals surface area (Å²) in [4.78, 5) is 4.08. The Morgan fingerprint density at radius 3 is 2.75 bits per heavy atom. The van der Waals surface area contributed by atoms with Crippen LogP contribution >= 0.6 is 22.9 Å². The summed E-state index contributed by atoms with van der Waals surface area (Å²) in [7, 11) is 0. The van der Waals surface area contributed by atoms with Crippen LogP contribution in [0, 0.1) is 0 Å². The summed E-state index contributed by atoms with van der Waals surface area (Å²) in [6.07, 6.45) is 8.15. The predicted octanol–water partition coefficient (Wildman–Crippen LogP) is 4.46. The lowest BCUT2D eigenvalue weighted by molar-refractivity contribution is 0.135. The second-order valence-corrected chi connectivity index (χ2v) is 8.16. The van der Waals surface area contributed by atoms with Crippen LogP contribution < -0.4 is 5.32 Å². The van der Waals surface area contributed by atoms with E-state index in [4.69, 9.17) is 11.6 Å². The fraction of sp³-hybridized carbons (Fsp3) is 0.750. The van der Waals surface area contributed by atoms with E-state index in [0.717, 1.165) is 4.34 Å². The van der Waals surface area contributed by atoms with Gasteiger partial charge in [-0.15, -0.1) is 11.3 Å². The molecule has 1 unspecified atom stereocenters. The minimum absolute atomic E-state index is 0.379. The number of thiophene rings is 1. The van der Waals surface area contributed by atoms with Crippen LogP contribution in [0.25, 0.3) is 0 Å². The summed E-state index contributed by atoms with van der Waals surface area (Å²) < 4.78 is 0.909. The Balaban J connectivity index is 1.74. The zero-order valence-electron chi connectivity index (χ0n) is 12.3. The second-order valence-electron chi connectivity index (χ2n) is 6.41. The lowest BCUT2D eigenvalue weighted by atomic mass is 9.81. The minimum atomic E-state index is 0.379. The molecule has 3 rings (SSSR count). The van der Waals surface area contributed by atoms with Crippen molar-refractivity contribution in [2.45, 2.75) is 57.0 Å². The molecule has 0 amide bonds. The Bertz CT molecular complexity index is 439. The van der Waals surface area contributed by atoms with Gasteiger partial charge in [0.15, 0.2) is 0 Å². The molecule has 1 aliphatic carbocycles. The van der Waals surface area contributed by atoms with Crippen LogP contribution in [-0.2, 0) is 0 Å². The van der Waals surface area contributed by atoms with Crippen molar-refractivity contribution in [3.8, 4) is 0 Å². The third-order valence-corrected chi connectivity index (χ3v) is 6.39. The molecule has 1 N–H and O–H groups in total. The molecule has 1 aromatic rings. The number of halogens is 1. The summed E-state index contributed by atoms with van der Waals surface area (Å²) in [5.74, 6) is 0. The van der Waals surface area contributed by atoms with Gasteiger partial charge >= 0.3 is 0 Å². The highest BCUT2D eigenvalue weighted by atomic mass is 35.5. The molecule has 4 heteroatoms. The van der Waals surface area contributed by atoms with Crippen LogP contribution in [0.3, 0.4) is 0 Å². The summed E-state index contributed by atoms with van der Waals surface area (Å²) >= 11 is 7.84. The number of rotatable bonds is 2. The van der Waals surface area contributed by atoms with Crippen LogP contribution in [0.2, 0.25) is 4.34 Å². The van der Waals surface area contributed by atoms with Gasteiger partial charge in [-0.05, 0) is 44.9 Å². The quantitative estimate of drug-likeness (QED) is 0.867. The highest BCUT2D eigenvalue weighted by Gasteiger charge is 2.36. The normalized spacial score (nSPS) is 25.5. The average molecular weight is 313 g/mol. The molecule has 1 aliphatic heterocycles. The molecule has 1 atom stereocenters. The van der Waals surface area contributed by atoms with Gasteiger partial charge in [0.1, 0.15) is 0 Å². The largest absolute Gasteiger partial charge is 0.310 e. The van der Waals surface area contributed by atoms with Gasteiger partial charge in [-0.25, -0.2) is 0 Å². The maximum atomic E-state index is 6.11. The van der Waals surface area contributed by atoms with Crippen LogP contribution in [0.5, 0.6) is 0 Å². The maximum absolute atomic E-state index is 6.11. The SMILES string of the molecule is CC(c1ccc(Cl)s1)N1CCCNC2(CCCCC2)C1. The Kier molecular flexibility index (Phi) is 4.71. The van der Waals surface area contributed by atoms with Crippen molar-refractivity contribution in [3.05, 3.63) is 21.3 Å². The molecule has 1 saturated heterocycles. The molecule has 1 spiro atoms. The zero-order chi connectivity index (χ0) is 14.0. The topological polar surface area (TPSA) is 15.3 Å². The standard InChI is InChI=1S/C16H25ClN2S/c1-13(14-6-7-15(17)20-14)19-11-5-10-18-16(12-19)8-3-2-4-9-16/h6-7,13,18H,2-5,8-12H2,1H3. The van der Waals surface area contributed by atoms with Gasteiger partial charge in [0.25, 0.3) is 0 Å². The van der Waals surface area contributed by atoms with E-state index in [1.807, 2.05) is 6.07 Å². The molecule has 2 aliphatic rings. The number of nitrogens with zero attached hydrogens (tertiary/aromatic N) is 1. The van der Waals surface area contributed by atoms with Crippen molar-refractivity contribution in [1.29, 1.82) is 0 Å². The van der Waals surface area contributed by atoms with Gasteiger partial charge in [0, 0.05) is 29.5 Å². The van der Waals surface area contributed by atoms with E-state index in [0.29, 0.717) is 11.6 Å². The highest BCUT2D eigenvalue weighted by molar-refractivity contribution is 7.16. The fourth-order valence-electron chi connectivity index (χ4n) is 3.79. The molecule has 2 nitrogen and oxygen atoms in total. The molecule has 2 fully saturated rings. The molecule has 2 heterocycles. The molecular formula is C16H25ClN2S. The molecule has 112 valence electrons. The lowest BCUT2D eigenvalue weighted by Crippen LogP contribution is -2.52. The second kappa shape index (κ2) is 6.35. The van der Waals surface area contributed by atoms with E-state index in [9.17, 15) is 0 Å². The Labute approximate surface area is 131 Å². The number of hydrogen-bond acceptors (Lipinski definition) is 3. The third-order valence-electron chi connectivity index (χ3n) is 4.99. The first-order valence-electron chi connectivity index (χ1n) is 7.93. The van der Waals surface area contributed by atoms with E-state index in [-0.39, 0.29) is 0 Å². The Hall–Kier alpha value is -0.0900. The van der Waals surface area contributed by atoms with Crippen LogP contribution in [-0.4, -0.2) is 30.1 Å². The van der Waals surface area contributed by atoms with Crippen LogP contribution in [0.15, 0.2) is 12.1 Å². The molecule has 1 aromatic heterocycles. The van der Waals surface area contributed by atoms with Gasteiger partial charge in [-0.3, -0.25) is 4.90 Å².